The minimum Gasteiger partial charge on any atom is -0.330 e. The Hall–Kier alpha value is -0.900. The molecule has 1 heterocycles. The van der Waals surface area contributed by atoms with Gasteiger partial charge in [-0.2, -0.15) is 0 Å². The predicted octanol–water partition coefficient (Wildman–Crippen LogP) is 0.966. The molecule has 4 heteroatoms. The second kappa shape index (κ2) is 3.69. The fraction of sp³-hybridized carbons (Fsp3) is 0.800. The van der Waals surface area contributed by atoms with E-state index in [0.29, 0.717) is 11.8 Å². The summed E-state index contributed by atoms with van der Waals surface area (Å²) in [6.07, 6.45) is 3.74. The van der Waals surface area contributed by atoms with Gasteiger partial charge in [0.15, 0.2) is 0 Å². The van der Waals surface area contributed by atoms with Gasteiger partial charge in [0.05, 0.1) is 0 Å². The molecule has 1 aromatic rings. The van der Waals surface area contributed by atoms with E-state index in [1.165, 1.54) is 19.3 Å². The van der Waals surface area contributed by atoms with E-state index in [1.54, 1.807) is 0 Å². The Labute approximate surface area is 84.5 Å². The van der Waals surface area contributed by atoms with Crippen molar-refractivity contribution < 1.29 is 0 Å². The zero-order valence-electron chi connectivity index (χ0n) is 8.90. The van der Waals surface area contributed by atoms with Gasteiger partial charge in [0.2, 0.25) is 0 Å². The Kier molecular flexibility index (Phi) is 2.54. The molecule has 14 heavy (non-hydrogen) atoms. The van der Waals surface area contributed by atoms with Crippen LogP contribution < -0.4 is 5.73 Å². The van der Waals surface area contributed by atoms with E-state index in [2.05, 4.69) is 14.8 Å². The zero-order valence-corrected chi connectivity index (χ0v) is 8.90. The van der Waals surface area contributed by atoms with Crippen molar-refractivity contribution in [3.05, 3.63) is 11.6 Å². The van der Waals surface area contributed by atoms with E-state index in [-0.39, 0.29) is 0 Å². The molecular formula is C10H18N4. The number of aromatic nitrogens is 3. The maximum absolute atomic E-state index is 5.76. The number of nitrogens with two attached hydrogens (primary N) is 1. The highest BCUT2D eigenvalue weighted by Gasteiger charge is 2.30. The van der Waals surface area contributed by atoms with Crippen LogP contribution in [0.15, 0.2) is 0 Å². The van der Waals surface area contributed by atoms with Crippen molar-refractivity contribution in [2.45, 2.75) is 32.1 Å². The molecule has 0 amide bonds. The summed E-state index contributed by atoms with van der Waals surface area (Å²) in [5.41, 5.74) is 5.76. The van der Waals surface area contributed by atoms with Crippen LogP contribution in [-0.4, -0.2) is 21.3 Å². The Bertz CT molecular complexity index is 318. The molecule has 0 aliphatic heterocycles. The predicted molar refractivity (Wildman–Crippen MR) is 54.9 cm³/mol. The maximum Gasteiger partial charge on any atom is 0.136 e. The van der Waals surface area contributed by atoms with Crippen LogP contribution in [-0.2, 0) is 7.05 Å². The Morgan fingerprint density at radius 1 is 1.43 bits per heavy atom. The van der Waals surface area contributed by atoms with Gasteiger partial charge in [-0.05, 0) is 32.2 Å². The highest BCUT2D eigenvalue weighted by molar-refractivity contribution is 5.05. The van der Waals surface area contributed by atoms with E-state index < -0.39 is 0 Å². The number of rotatable bonds is 2. The Morgan fingerprint density at radius 2 is 2.21 bits per heavy atom. The molecule has 1 saturated carbocycles. The lowest BCUT2D eigenvalue weighted by atomic mass is 9.95. The molecule has 0 spiro atoms. The van der Waals surface area contributed by atoms with Gasteiger partial charge in [-0.3, -0.25) is 0 Å². The smallest absolute Gasteiger partial charge is 0.136 e. The first kappa shape index (κ1) is 9.65. The summed E-state index contributed by atoms with van der Waals surface area (Å²) in [6.45, 7) is 2.76. The molecular weight excluding hydrogens is 176 g/mol. The Morgan fingerprint density at radius 3 is 2.79 bits per heavy atom. The summed E-state index contributed by atoms with van der Waals surface area (Å²) in [4.78, 5) is 0. The highest BCUT2D eigenvalue weighted by Crippen LogP contribution is 2.37. The van der Waals surface area contributed by atoms with Gasteiger partial charge >= 0.3 is 0 Å². The minimum atomic E-state index is 0.534. The van der Waals surface area contributed by atoms with E-state index in [0.717, 1.165) is 18.2 Å². The van der Waals surface area contributed by atoms with Crippen molar-refractivity contribution in [1.29, 1.82) is 0 Å². The SMILES string of the molecule is Cc1nnc(C2CCCC2CN)n1C. The highest BCUT2D eigenvalue weighted by atomic mass is 15.3. The van der Waals surface area contributed by atoms with Crippen LogP contribution in [0.5, 0.6) is 0 Å². The molecule has 4 nitrogen and oxygen atoms in total. The van der Waals surface area contributed by atoms with E-state index in [4.69, 9.17) is 5.73 Å². The third-order valence-electron chi connectivity index (χ3n) is 3.42. The molecule has 2 rings (SSSR count). The first-order chi connectivity index (χ1) is 6.74. The molecule has 1 aliphatic carbocycles. The average molecular weight is 194 g/mol. The molecule has 0 radical (unpaired) electrons. The summed E-state index contributed by atoms with van der Waals surface area (Å²) in [7, 11) is 2.04. The van der Waals surface area contributed by atoms with E-state index >= 15 is 0 Å². The molecule has 1 aromatic heterocycles. The number of hydrogen-bond acceptors (Lipinski definition) is 3. The van der Waals surface area contributed by atoms with Gasteiger partial charge in [0.1, 0.15) is 11.6 Å². The van der Waals surface area contributed by atoms with Crippen molar-refractivity contribution >= 4 is 0 Å². The van der Waals surface area contributed by atoms with Gasteiger partial charge in [0, 0.05) is 13.0 Å². The van der Waals surface area contributed by atoms with Gasteiger partial charge in [-0.15, -0.1) is 10.2 Å². The third-order valence-corrected chi connectivity index (χ3v) is 3.42. The first-order valence-electron chi connectivity index (χ1n) is 5.30. The topological polar surface area (TPSA) is 56.7 Å². The van der Waals surface area contributed by atoms with Crippen LogP contribution in [0.3, 0.4) is 0 Å². The fourth-order valence-electron chi connectivity index (χ4n) is 2.41. The Balaban J connectivity index is 2.26. The largest absolute Gasteiger partial charge is 0.330 e. The molecule has 0 aromatic carbocycles. The van der Waals surface area contributed by atoms with Crippen LogP contribution in [0.4, 0.5) is 0 Å². The lowest BCUT2D eigenvalue weighted by Gasteiger charge is -2.16. The third kappa shape index (κ3) is 1.43. The van der Waals surface area contributed by atoms with Crippen molar-refractivity contribution in [2.24, 2.45) is 18.7 Å². The van der Waals surface area contributed by atoms with Crippen molar-refractivity contribution in [3.63, 3.8) is 0 Å². The van der Waals surface area contributed by atoms with Crippen LogP contribution >= 0.6 is 0 Å². The second-order valence-corrected chi connectivity index (χ2v) is 4.20. The summed E-state index contributed by atoms with van der Waals surface area (Å²) >= 11 is 0. The second-order valence-electron chi connectivity index (χ2n) is 4.20. The van der Waals surface area contributed by atoms with E-state index in [9.17, 15) is 0 Å². The molecule has 78 valence electrons. The summed E-state index contributed by atoms with van der Waals surface area (Å²) in [5, 5.41) is 8.35. The monoisotopic (exact) mass is 194 g/mol. The molecule has 0 bridgehead atoms. The molecule has 2 unspecified atom stereocenters. The summed E-state index contributed by atoms with van der Waals surface area (Å²) in [6, 6.07) is 0. The molecule has 1 aliphatic rings. The maximum atomic E-state index is 5.76. The number of aryl methyl sites for hydroxylation is 1. The summed E-state index contributed by atoms with van der Waals surface area (Å²) in [5.74, 6) is 3.25. The van der Waals surface area contributed by atoms with Crippen molar-refractivity contribution in [3.8, 4) is 0 Å². The molecule has 0 saturated heterocycles. The molecule has 1 fully saturated rings. The molecule has 2 atom stereocenters. The van der Waals surface area contributed by atoms with E-state index in [1.807, 2.05) is 14.0 Å². The van der Waals surface area contributed by atoms with Crippen LogP contribution in [0.2, 0.25) is 0 Å². The lowest BCUT2D eigenvalue weighted by Crippen LogP contribution is -2.19. The number of hydrogen-bond donors (Lipinski definition) is 1. The zero-order chi connectivity index (χ0) is 10.1. The van der Waals surface area contributed by atoms with Crippen molar-refractivity contribution in [2.75, 3.05) is 6.54 Å². The fourth-order valence-corrected chi connectivity index (χ4v) is 2.41. The quantitative estimate of drug-likeness (QED) is 0.763. The van der Waals surface area contributed by atoms with Crippen LogP contribution in [0.25, 0.3) is 0 Å². The standard InChI is InChI=1S/C10H18N4/c1-7-12-13-10(14(7)2)9-5-3-4-8(9)6-11/h8-9H,3-6,11H2,1-2H3. The van der Waals surface area contributed by atoms with Gasteiger partial charge < -0.3 is 10.3 Å². The van der Waals surface area contributed by atoms with Gasteiger partial charge in [-0.25, -0.2) is 0 Å². The normalized spacial score (nSPS) is 27.1. The number of nitrogens with zero attached hydrogens (tertiary/aromatic N) is 3. The molecule has 2 N–H and O–H groups in total. The summed E-state index contributed by atoms with van der Waals surface area (Å²) < 4.78 is 2.10. The first-order valence-corrected chi connectivity index (χ1v) is 5.30. The van der Waals surface area contributed by atoms with Crippen molar-refractivity contribution in [1.82, 2.24) is 14.8 Å². The van der Waals surface area contributed by atoms with Gasteiger partial charge in [0.25, 0.3) is 0 Å². The van der Waals surface area contributed by atoms with Gasteiger partial charge in [-0.1, -0.05) is 6.42 Å². The lowest BCUT2D eigenvalue weighted by molar-refractivity contribution is 0.465. The van der Waals surface area contributed by atoms with Crippen LogP contribution in [0.1, 0.15) is 36.8 Å². The average Bonchev–Trinajstić information content (AvgIpc) is 2.75. The van der Waals surface area contributed by atoms with Crippen LogP contribution in [0, 0.1) is 12.8 Å². The minimum absolute atomic E-state index is 0.534.